The van der Waals surface area contributed by atoms with Gasteiger partial charge in [0.1, 0.15) is 5.75 Å². The second-order valence-corrected chi connectivity index (χ2v) is 7.92. The molecule has 0 saturated carbocycles. The summed E-state index contributed by atoms with van der Waals surface area (Å²) >= 11 is 1.97. The molecule has 2 rings (SSSR count). The number of hydrogen-bond donors (Lipinski definition) is 2. The van der Waals surface area contributed by atoms with E-state index in [2.05, 4.69) is 22.5 Å². The van der Waals surface area contributed by atoms with Crippen molar-refractivity contribution in [3.05, 3.63) is 29.8 Å². The number of halogens is 3. The molecule has 0 amide bonds. The number of hydrogen-bond acceptors (Lipinski definition) is 3. The Labute approximate surface area is 150 Å². The van der Waals surface area contributed by atoms with Crippen LogP contribution in [0.25, 0.3) is 0 Å². The molecule has 1 aliphatic heterocycles. The zero-order chi connectivity index (χ0) is 18.3. The van der Waals surface area contributed by atoms with Crippen molar-refractivity contribution < 1.29 is 17.9 Å². The molecule has 140 valence electrons. The Kier molecular flexibility index (Phi) is 6.87. The summed E-state index contributed by atoms with van der Waals surface area (Å²) in [5, 5.41) is 6.50. The normalized spacial score (nSPS) is 21.2. The number of nitrogens with zero attached hydrogens (tertiary/aromatic N) is 1. The number of benzene rings is 1. The Bertz CT molecular complexity index is 587. The summed E-state index contributed by atoms with van der Waals surface area (Å²) in [6, 6.07) is 6.62. The van der Waals surface area contributed by atoms with Gasteiger partial charge in [-0.3, -0.25) is 4.99 Å². The van der Waals surface area contributed by atoms with Crippen LogP contribution in [-0.2, 0) is 6.54 Å². The van der Waals surface area contributed by atoms with Crippen molar-refractivity contribution in [2.24, 2.45) is 4.99 Å². The maximum Gasteiger partial charge on any atom is 0.422 e. The van der Waals surface area contributed by atoms with Crippen LogP contribution in [0.15, 0.2) is 29.3 Å². The third kappa shape index (κ3) is 7.05. The van der Waals surface area contributed by atoms with E-state index in [1.807, 2.05) is 17.8 Å². The van der Waals surface area contributed by atoms with Crippen LogP contribution < -0.4 is 15.4 Å². The molecule has 1 unspecified atom stereocenters. The topological polar surface area (TPSA) is 45.7 Å². The van der Waals surface area contributed by atoms with Gasteiger partial charge >= 0.3 is 6.18 Å². The lowest BCUT2D eigenvalue weighted by atomic mass is 10.1. The quantitative estimate of drug-likeness (QED) is 0.589. The number of guanidine groups is 1. The molecule has 25 heavy (non-hydrogen) atoms. The van der Waals surface area contributed by atoms with Crippen LogP contribution in [0.2, 0.25) is 0 Å². The SMILES string of the molecule is CN=C(NCc1cccc(OCC(F)(F)F)c1)NCC1(C)CCCS1. The number of rotatable bonds is 6. The minimum atomic E-state index is -4.34. The Morgan fingerprint density at radius 3 is 2.80 bits per heavy atom. The molecule has 1 fully saturated rings. The largest absolute Gasteiger partial charge is 0.484 e. The first-order chi connectivity index (χ1) is 11.8. The lowest BCUT2D eigenvalue weighted by Gasteiger charge is -2.24. The molecule has 1 heterocycles. The average molecular weight is 375 g/mol. The smallest absolute Gasteiger partial charge is 0.422 e. The Morgan fingerprint density at radius 1 is 1.36 bits per heavy atom. The third-order valence-electron chi connectivity index (χ3n) is 3.91. The second-order valence-electron chi connectivity index (χ2n) is 6.23. The highest BCUT2D eigenvalue weighted by Crippen LogP contribution is 2.36. The molecule has 1 saturated heterocycles. The number of alkyl halides is 3. The molecule has 1 aromatic carbocycles. The molecular formula is C17H24F3N3OS. The van der Waals surface area contributed by atoms with E-state index in [0.717, 1.165) is 12.1 Å². The van der Waals surface area contributed by atoms with Crippen LogP contribution in [0, 0.1) is 0 Å². The summed E-state index contributed by atoms with van der Waals surface area (Å²) < 4.78 is 41.7. The molecule has 4 nitrogen and oxygen atoms in total. The van der Waals surface area contributed by atoms with Gasteiger partial charge in [-0.2, -0.15) is 24.9 Å². The summed E-state index contributed by atoms with van der Waals surface area (Å²) in [4.78, 5) is 4.19. The van der Waals surface area contributed by atoms with E-state index >= 15 is 0 Å². The second kappa shape index (κ2) is 8.69. The van der Waals surface area contributed by atoms with Crippen molar-refractivity contribution in [1.29, 1.82) is 0 Å². The van der Waals surface area contributed by atoms with E-state index in [1.165, 1.54) is 24.7 Å². The highest BCUT2D eigenvalue weighted by Gasteiger charge is 2.29. The van der Waals surface area contributed by atoms with Crippen LogP contribution >= 0.6 is 11.8 Å². The van der Waals surface area contributed by atoms with Gasteiger partial charge in [0.05, 0.1) is 0 Å². The molecule has 1 aromatic rings. The highest BCUT2D eigenvalue weighted by atomic mass is 32.2. The minimum absolute atomic E-state index is 0.203. The monoisotopic (exact) mass is 375 g/mol. The maximum absolute atomic E-state index is 12.2. The third-order valence-corrected chi connectivity index (χ3v) is 5.45. The summed E-state index contributed by atoms with van der Waals surface area (Å²) in [7, 11) is 1.70. The first-order valence-corrected chi connectivity index (χ1v) is 9.15. The number of ether oxygens (including phenoxy) is 1. The van der Waals surface area contributed by atoms with Crippen LogP contribution in [-0.4, -0.2) is 42.8 Å². The Balaban J connectivity index is 1.82. The van der Waals surface area contributed by atoms with Gasteiger partial charge in [-0.05, 0) is 43.2 Å². The van der Waals surface area contributed by atoms with Gasteiger partial charge in [0.2, 0.25) is 0 Å². The van der Waals surface area contributed by atoms with Crippen molar-refractivity contribution in [1.82, 2.24) is 10.6 Å². The summed E-state index contributed by atoms with van der Waals surface area (Å²) in [5.74, 6) is 2.07. The van der Waals surface area contributed by atoms with Crippen LogP contribution in [0.1, 0.15) is 25.3 Å². The van der Waals surface area contributed by atoms with E-state index in [1.54, 1.807) is 19.2 Å². The van der Waals surface area contributed by atoms with Crippen molar-refractivity contribution in [3.8, 4) is 5.75 Å². The summed E-state index contributed by atoms with van der Waals surface area (Å²) in [5.41, 5.74) is 0.823. The molecule has 8 heteroatoms. The molecule has 2 N–H and O–H groups in total. The van der Waals surface area contributed by atoms with E-state index in [0.29, 0.717) is 12.5 Å². The minimum Gasteiger partial charge on any atom is -0.484 e. The van der Waals surface area contributed by atoms with Crippen molar-refractivity contribution in [2.45, 2.75) is 37.2 Å². The fourth-order valence-corrected chi connectivity index (χ4v) is 3.81. The fourth-order valence-electron chi connectivity index (χ4n) is 2.56. The van der Waals surface area contributed by atoms with E-state index in [9.17, 15) is 13.2 Å². The molecule has 0 bridgehead atoms. The highest BCUT2D eigenvalue weighted by molar-refractivity contribution is 8.00. The number of nitrogens with one attached hydrogen (secondary N) is 2. The predicted molar refractivity (Wildman–Crippen MR) is 96.3 cm³/mol. The van der Waals surface area contributed by atoms with Gasteiger partial charge in [0.15, 0.2) is 12.6 Å². The van der Waals surface area contributed by atoms with E-state index < -0.39 is 12.8 Å². The number of aliphatic imine (C=N–C) groups is 1. The summed E-state index contributed by atoms with van der Waals surface area (Å²) in [6.45, 7) is 2.23. The van der Waals surface area contributed by atoms with Crippen LogP contribution in [0.4, 0.5) is 13.2 Å². The molecule has 0 spiro atoms. The Morgan fingerprint density at radius 2 is 2.16 bits per heavy atom. The molecule has 1 atom stereocenters. The van der Waals surface area contributed by atoms with Crippen LogP contribution in [0.3, 0.4) is 0 Å². The van der Waals surface area contributed by atoms with Gasteiger partial charge in [0.25, 0.3) is 0 Å². The molecule has 1 aliphatic rings. The summed E-state index contributed by atoms with van der Waals surface area (Å²) in [6.07, 6.45) is -1.92. The van der Waals surface area contributed by atoms with Gasteiger partial charge in [-0.25, -0.2) is 0 Å². The standard InChI is InChI=1S/C17H24F3N3OS/c1-16(7-4-8-25-16)11-23-15(21-2)22-10-13-5-3-6-14(9-13)24-12-17(18,19)20/h3,5-6,9H,4,7-8,10-12H2,1-2H3,(H2,21,22,23). The zero-order valence-electron chi connectivity index (χ0n) is 14.4. The number of thioether (sulfide) groups is 1. The van der Waals surface area contributed by atoms with Gasteiger partial charge in [-0.15, -0.1) is 0 Å². The van der Waals surface area contributed by atoms with Crippen LogP contribution in [0.5, 0.6) is 5.75 Å². The van der Waals surface area contributed by atoms with Gasteiger partial charge in [-0.1, -0.05) is 12.1 Å². The lowest BCUT2D eigenvalue weighted by molar-refractivity contribution is -0.153. The van der Waals surface area contributed by atoms with E-state index in [-0.39, 0.29) is 10.5 Å². The maximum atomic E-state index is 12.2. The first kappa shape index (κ1) is 19.8. The Hall–Kier alpha value is -1.57. The van der Waals surface area contributed by atoms with E-state index in [4.69, 9.17) is 4.74 Å². The molecule has 0 radical (unpaired) electrons. The molecular weight excluding hydrogens is 351 g/mol. The molecule has 0 aromatic heterocycles. The first-order valence-electron chi connectivity index (χ1n) is 8.17. The van der Waals surface area contributed by atoms with Gasteiger partial charge < -0.3 is 15.4 Å². The van der Waals surface area contributed by atoms with Crippen molar-refractivity contribution >= 4 is 17.7 Å². The predicted octanol–water partition coefficient (Wildman–Crippen LogP) is 3.58. The molecule has 0 aliphatic carbocycles. The van der Waals surface area contributed by atoms with Crippen molar-refractivity contribution in [2.75, 3.05) is 26.0 Å². The average Bonchev–Trinajstić information content (AvgIpc) is 3.00. The fraction of sp³-hybridized carbons (Fsp3) is 0.588. The lowest BCUT2D eigenvalue weighted by Crippen LogP contribution is -2.43. The van der Waals surface area contributed by atoms with Crippen molar-refractivity contribution in [3.63, 3.8) is 0 Å². The zero-order valence-corrected chi connectivity index (χ0v) is 15.3. The van der Waals surface area contributed by atoms with Gasteiger partial charge in [0, 0.05) is 24.9 Å².